The smallest absolute Gasteiger partial charge is 0.206 e. The molecule has 0 amide bonds. The van der Waals surface area contributed by atoms with Crippen molar-refractivity contribution in [2.75, 3.05) is 0 Å². The Kier molecular flexibility index (Phi) is 5.81. The molecule has 4 aromatic rings. The Labute approximate surface area is 192 Å². The van der Waals surface area contributed by atoms with Crippen LogP contribution in [0.15, 0.2) is 66.9 Å². The molecular formula is C29H33FNSi+. The number of hydrogen-bond donors (Lipinski definition) is 0. The van der Waals surface area contributed by atoms with Crippen LogP contribution >= 0.6 is 0 Å². The van der Waals surface area contributed by atoms with Crippen LogP contribution in [0.5, 0.6) is 0 Å². The number of rotatable bonds is 4. The Hall–Kier alpha value is -2.78. The number of hydrogen-bond acceptors (Lipinski definition) is 0. The minimum absolute atomic E-state index is 0.0937. The molecule has 0 aliphatic carbocycles. The number of pyridine rings is 1. The van der Waals surface area contributed by atoms with E-state index < -0.39 is 8.07 Å². The largest absolute Gasteiger partial charge is 0.220 e. The molecule has 1 heterocycles. The van der Waals surface area contributed by atoms with Gasteiger partial charge in [-0.2, -0.15) is 0 Å². The number of aryl methyl sites for hydroxylation is 1. The Balaban J connectivity index is 2.07. The Morgan fingerprint density at radius 1 is 0.875 bits per heavy atom. The fourth-order valence-electron chi connectivity index (χ4n) is 4.71. The summed E-state index contributed by atoms with van der Waals surface area (Å²) in [7, 11) is 0.672. The molecule has 0 N–H and O–H groups in total. The van der Waals surface area contributed by atoms with Crippen molar-refractivity contribution in [1.82, 2.24) is 0 Å². The SMILES string of the molecule is Cc1c(-c2c3ccc([Si](C)(C)C)cc3cc[n+]2C)cc(-c2ccccc2)c(F)c1C(C)C. The summed E-state index contributed by atoms with van der Waals surface area (Å²) in [5.41, 5.74) is 5.65. The van der Waals surface area contributed by atoms with Gasteiger partial charge in [0.2, 0.25) is 5.69 Å². The predicted molar refractivity (Wildman–Crippen MR) is 138 cm³/mol. The molecule has 1 aromatic heterocycles. The summed E-state index contributed by atoms with van der Waals surface area (Å²) in [5.74, 6) is -0.00690. The highest BCUT2D eigenvalue weighted by molar-refractivity contribution is 6.88. The van der Waals surface area contributed by atoms with Gasteiger partial charge in [0.1, 0.15) is 12.9 Å². The summed E-state index contributed by atoms with van der Waals surface area (Å²) < 4.78 is 17.9. The van der Waals surface area contributed by atoms with Crippen LogP contribution in [0.3, 0.4) is 0 Å². The highest BCUT2D eigenvalue weighted by Gasteiger charge is 2.25. The molecule has 0 aliphatic heterocycles. The molecule has 3 heteroatoms. The molecule has 32 heavy (non-hydrogen) atoms. The van der Waals surface area contributed by atoms with E-state index >= 15 is 4.39 Å². The normalized spacial score (nSPS) is 12.0. The van der Waals surface area contributed by atoms with Gasteiger partial charge < -0.3 is 0 Å². The second-order valence-electron chi connectivity index (χ2n) is 10.2. The first kappa shape index (κ1) is 22.4. The molecule has 4 rings (SSSR count). The van der Waals surface area contributed by atoms with Crippen molar-refractivity contribution >= 4 is 24.0 Å². The third-order valence-corrected chi connectivity index (χ3v) is 8.53. The first-order chi connectivity index (χ1) is 15.1. The molecule has 0 atom stereocenters. The summed E-state index contributed by atoms with van der Waals surface area (Å²) in [6, 6.07) is 21.0. The van der Waals surface area contributed by atoms with Crippen LogP contribution in [0.25, 0.3) is 33.2 Å². The summed E-state index contributed by atoms with van der Waals surface area (Å²) in [4.78, 5) is 0. The molecule has 0 spiro atoms. The first-order valence-electron chi connectivity index (χ1n) is 11.4. The van der Waals surface area contributed by atoms with E-state index in [0.717, 1.165) is 27.9 Å². The van der Waals surface area contributed by atoms with Crippen molar-refractivity contribution in [1.29, 1.82) is 0 Å². The lowest BCUT2D eigenvalue weighted by Gasteiger charge is -2.20. The Bertz CT molecular complexity index is 1300. The molecule has 0 aliphatic rings. The summed E-state index contributed by atoms with van der Waals surface area (Å²) >= 11 is 0. The van der Waals surface area contributed by atoms with Crippen LogP contribution in [0.4, 0.5) is 4.39 Å². The summed E-state index contributed by atoms with van der Waals surface area (Å²) in [5, 5.41) is 3.91. The topological polar surface area (TPSA) is 3.88 Å². The van der Waals surface area contributed by atoms with E-state index in [9.17, 15) is 0 Å². The van der Waals surface area contributed by atoms with Crippen molar-refractivity contribution in [3.8, 4) is 22.4 Å². The van der Waals surface area contributed by atoms with Gasteiger partial charge in [-0.1, -0.05) is 81.1 Å². The summed E-state index contributed by atoms with van der Waals surface area (Å²) in [6.45, 7) is 13.4. The van der Waals surface area contributed by atoms with Crippen LogP contribution in [0.2, 0.25) is 19.6 Å². The minimum atomic E-state index is -1.41. The van der Waals surface area contributed by atoms with Gasteiger partial charge in [-0.05, 0) is 47.1 Å². The lowest BCUT2D eigenvalue weighted by molar-refractivity contribution is -0.659. The molecule has 0 bridgehead atoms. The molecule has 0 unspecified atom stereocenters. The average Bonchev–Trinajstić information content (AvgIpc) is 2.74. The van der Waals surface area contributed by atoms with E-state index in [4.69, 9.17) is 0 Å². The van der Waals surface area contributed by atoms with Gasteiger partial charge in [0.15, 0.2) is 6.20 Å². The van der Waals surface area contributed by atoms with Crippen molar-refractivity contribution in [3.05, 3.63) is 83.8 Å². The molecule has 0 saturated carbocycles. The van der Waals surface area contributed by atoms with Crippen molar-refractivity contribution < 1.29 is 8.96 Å². The molecule has 0 fully saturated rings. The van der Waals surface area contributed by atoms with Gasteiger partial charge in [-0.3, -0.25) is 0 Å². The zero-order valence-corrected chi connectivity index (χ0v) is 21.3. The van der Waals surface area contributed by atoms with Gasteiger partial charge in [0.25, 0.3) is 0 Å². The second kappa shape index (κ2) is 8.29. The third-order valence-electron chi connectivity index (χ3n) is 6.49. The maximum atomic E-state index is 15.8. The highest BCUT2D eigenvalue weighted by Crippen LogP contribution is 2.38. The Morgan fingerprint density at radius 2 is 1.56 bits per heavy atom. The van der Waals surface area contributed by atoms with E-state index in [-0.39, 0.29) is 11.7 Å². The van der Waals surface area contributed by atoms with E-state index in [0.29, 0.717) is 5.56 Å². The monoisotopic (exact) mass is 442 g/mol. The van der Waals surface area contributed by atoms with Gasteiger partial charge in [0.05, 0.1) is 19.0 Å². The second-order valence-corrected chi connectivity index (χ2v) is 15.2. The molecule has 3 aromatic carbocycles. The number of aromatic nitrogens is 1. The number of fused-ring (bicyclic) bond motifs is 1. The zero-order chi connectivity index (χ0) is 23.2. The lowest BCUT2D eigenvalue weighted by atomic mass is 9.86. The van der Waals surface area contributed by atoms with Crippen LogP contribution in [0.1, 0.15) is 30.9 Å². The van der Waals surface area contributed by atoms with E-state index in [1.54, 1.807) is 0 Å². The van der Waals surface area contributed by atoms with Crippen LogP contribution in [-0.4, -0.2) is 8.07 Å². The fourth-order valence-corrected chi connectivity index (χ4v) is 5.88. The maximum Gasteiger partial charge on any atom is 0.220 e. The lowest BCUT2D eigenvalue weighted by Crippen LogP contribution is -2.37. The molecule has 0 radical (unpaired) electrons. The van der Waals surface area contributed by atoms with E-state index in [2.05, 4.69) is 82.5 Å². The van der Waals surface area contributed by atoms with E-state index in [1.165, 1.54) is 16.0 Å². The average molecular weight is 443 g/mol. The number of halogens is 1. The molecular weight excluding hydrogens is 409 g/mol. The van der Waals surface area contributed by atoms with Gasteiger partial charge >= 0.3 is 0 Å². The van der Waals surface area contributed by atoms with Gasteiger partial charge in [-0.15, -0.1) is 0 Å². The van der Waals surface area contributed by atoms with Crippen LogP contribution < -0.4 is 9.75 Å². The first-order valence-corrected chi connectivity index (χ1v) is 14.9. The molecule has 1 nitrogen and oxygen atoms in total. The predicted octanol–water partition coefficient (Wildman–Crippen LogP) is 7.11. The Morgan fingerprint density at radius 3 is 2.19 bits per heavy atom. The standard InChI is InChI=1S/C29H33FNSi/c1-19(2)27-20(3)25(18-26(28(27)30)21-11-9-8-10-12-21)29-24-14-13-23(32(5,6)7)17-22(24)15-16-31(29)4/h8-19H,1-7H3/q+1. The van der Waals surface area contributed by atoms with Gasteiger partial charge in [-0.25, -0.2) is 8.96 Å². The minimum Gasteiger partial charge on any atom is -0.206 e. The molecule has 0 saturated heterocycles. The quantitative estimate of drug-likeness (QED) is 0.234. The van der Waals surface area contributed by atoms with Crippen molar-refractivity contribution in [2.24, 2.45) is 7.05 Å². The van der Waals surface area contributed by atoms with Crippen LogP contribution in [-0.2, 0) is 7.05 Å². The summed E-state index contributed by atoms with van der Waals surface area (Å²) in [6.07, 6.45) is 2.13. The number of nitrogens with zero attached hydrogens (tertiary/aromatic N) is 1. The highest BCUT2D eigenvalue weighted by atomic mass is 28.3. The zero-order valence-electron chi connectivity index (χ0n) is 20.3. The number of benzene rings is 3. The van der Waals surface area contributed by atoms with Crippen molar-refractivity contribution in [3.63, 3.8) is 0 Å². The molecule has 164 valence electrons. The third kappa shape index (κ3) is 3.90. The maximum absolute atomic E-state index is 15.8. The van der Waals surface area contributed by atoms with Crippen molar-refractivity contribution in [2.45, 2.75) is 46.3 Å². The fraction of sp³-hybridized carbons (Fsp3) is 0.276. The van der Waals surface area contributed by atoms with Crippen LogP contribution in [0, 0.1) is 12.7 Å². The van der Waals surface area contributed by atoms with E-state index in [1.807, 2.05) is 36.4 Å². The van der Waals surface area contributed by atoms with Gasteiger partial charge in [0, 0.05) is 11.6 Å².